The van der Waals surface area contributed by atoms with Crippen LogP contribution in [0.4, 0.5) is 0 Å². The van der Waals surface area contributed by atoms with E-state index in [1.54, 1.807) is 30.5 Å². The molecule has 23 heavy (non-hydrogen) atoms. The number of sulfone groups is 1. The van der Waals surface area contributed by atoms with Gasteiger partial charge in [0.1, 0.15) is 0 Å². The van der Waals surface area contributed by atoms with Crippen molar-refractivity contribution >= 4 is 15.6 Å². The zero-order chi connectivity index (χ0) is 17.9. The van der Waals surface area contributed by atoms with Crippen LogP contribution in [0.1, 0.15) is 43.6 Å². The average molecular weight is 335 g/mol. The Kier molecular flexibility index (Phi) is 9.74. The van der Waals surface area contributed by atoms with Gasteiger partial charge in [0, 0.05) is 30.6 Å². The second-order valence-corrected chi connectivity index (χ2v) is 6.27. The fraction of sp³-hybridized carbons (Fsp3) is 0.333. The first-order chi connectivity index (χ1) is 11.0. The summed E-state index contributed by atoms with van der Waals surface area (Å²) in [6.45, 7) is 8.00. The number of nitrogens with zero attached hydrogens (tertiary/aromatic N) is 1. The van der Waals surface area contributed by atoms with E-state index in [-0.39, 0.29) is 17.1 Å². The summed E-state index contributed by atoms with van der Waals surface area (Å²) in [7, 11) is -3.20. The molecule has 1 aromatic carbocycles. The number of ketones is 1. The maximum atomic E-state index is 11.9. The second kappa shape index (κ2) is 10.7. The van der Waals surface area contributed by atoms with Gasteiger partial charge in [0.15, 0.2) is 15.6 Å². The molecule has 0 aliphatic carbocycles. The van der Waals surface area contributed by atoms with E-state index >= 15 is 0 Å². The van der Waals surface area contributed by atoms with Crippen molar-refractivity contribution in [3.63, 3.8) is 0 Å². The van der Waals surface area contributed by atoms with Gasteiger partial charge >= 0.3 is 0 Å². The van der Waals surface area contributed by atoms with Crippen molar-refractivity contribution in [2.75, 3.05) is 6.26 Å². The first-order valence-electron chi connectivity index (χ1n) is 7.69. The lowest BCUT2D eigenvalue weighted by atomic mass is 10.0. The van der Waals surface area contributed by atoms with Gasteiger partial charge in [-0.3, -0.25) is 9.78 Å². The molecule has 0 bridgehead atoms. The van der Waals surface area contributed by atoms with Crippen LogP contribution >= 0.6 is 0 Å². The number of benzene rings is 1. The van der Waals surface area contributed by atoms with Gasteiger partial charge in [-0.05, 0) is 29.8 Å². The third-order valence-corrected chi connectivity index (χ3v) is 3.83. The number of hydrogen-bond acceptors (Lipinski definition) is 4. The van der Waals surface area contributed by atoms with E-state index in [1.807, 2.05) is 27.7 Å². The van der Waals surface area contributed by atoms with Crippen molar-refractivity contribution in [2.45, 2.75) is 39.0 Å². The molecule has 0 saturated carbocycles. The molecule has 2 rings (SSSR count). The Bertz CT molecular complexity index is 678. The number of carbonyl (C=O) groups is 1. The Morgan fingerprint density at radius 3 is 2.00 bits per heavy atom. The lowest BCUT2D eigenvalue weighted by Crippen LogP contribution is -2.04. The van der Waals surface area contributed by atoms with Crippen LogP contribution in [0, 0.1) is 0 Å². The van der Waals surface area contributed by atoms with Crippen molar-refractivity contribution in [1.82, 2.24) is 4.98 Å². The Hall–Kier alpha value is -2.01. The summed E-state index contributed by atoms with van der Waals surface area (Å²) in [6, 6.07) is 9.76. The van der Waals surface area contributed by atoms with Crippen molar-refractivity contribution in [1.29, 1.82) is 0 Å². The number of carbonyl (C=O) groups excluding carboxylic acids is 1. The van der Waals surface area contributed by atoms with E-state index in [4.69, 9.17) is 0 Å². The summed E-state index contributed by atoms with van der Waals surface area (Å²) in [4.78, 5) is 16.1. The zero-order valence-corrected chi connectivity index (χ0v) is 15.2. The molecule has 126 valence electrons. The van der Waals surface area contributed by atoms with Gasteiger partial charge in [-0.25, -0.2) is 8.42 Å². The topological polar surface area (TPSA) is 64.1 Å². The molecule has 0 aliphatic heterocycles. The summed E-state index contributed by atoms with van der Waals surface area (Å²) in [5.41, 5.74) is 1.33. The summed E-state index contributed by atoms with van der Waals surface area (Å²) in [5.74, 6) is -0.0415. The lowest BCUT2D eigenvalue weighted by molar-refractivity contribution is 0.0992. The predicted octanol–water partition coefficient (Wildman–Crippen LogP) is 3.96. The molecule has 0 saturated heterocycles. The van der Waals surface area contributed by atoms with Gasteiger partial charge in [0.25, 0.3) is 0 Å². The Labute approximate surface area is 139 Å². The Morgan fingerprint density at radius 2 is 1.57 bits per heavy atom. The fourth-order valence-electron chi connectivity index (χ4n) is 1.67. The predicted molar refractivity (Wildman–Crippen MR) is 94.5 cm³/mol. The first-order valence-corrected chi connectivity index (χ1v) is 9.58. The summed E-state index contributed by atoms with van der Waals surface area (Å²) < 4.78 is 22.6. The third-order valence-electron chi connectivity index (χ3n) is 2.70. The van der Waals surface area contributed by atoms with E-state index in [0.717, 1.165) is 11.8 Å². The third kappa shape index (κ3) is 7.19. The Balaban J connectivity index is 0.00000112. The van der Waals surface area contributed by atoms with Gasteiger partial charge < -0.3 is 0 Å². The maximum absolute atomic E-state index is 11.9. The molecule has 2 aromatic rings. The average Bonchev–Trinajstić information content (AvgIpc) is 2.59. The van der Waals surface area contributed by atoms with Gasteiger partial charge in [0.2, 0.25) is 0 Å². The van der Waals surface area contributed by atoms with Crippen molar-refractivity contribution in [3.8, 4) is 0 Å². The normalized spacial score (nSPS) is 9.78. The summed E-state index contributed by atoms with van der Waals surface area (Å²) in [5, 5.41) is 0. The second-order valence-electron chi connectivity index (χ2n) is 4.26. The molecule has 0 radical (unpaired) electrons. The van der Waals surface area contributed by atoms with Crippen LogP contribution in [0.5, 0.6) is 0 Å². The molecule has 1 aromatic heterocycles. The van der Waals surface area contributed by atoms with E-state index in [2.05, 4.69) is 4.98 Å². The molecule has 0 fully saturated rings. The van der Waals surface area contributed by atoms with Crippen LogP contribution in [0.15, 0.2) is 53.7 Å². The smallest absolute Gasteiger partial charge is 0.175 e. The van der Waals surface area contributed by atoms with Crippen molar-refractivity contribution in [3.05, 3.63) is 59.9 Å². The van der Waals surface area contributed by atoms with Crippen LogP contribution < -0.4 is 0 Å². The van der Waals surface area contributed by atoms with Crippen LogP contribution in [0.3, 0.4) is 0 Å². The largest absolute Gasteiger partial charge is 0.294 e. The van der Waals surface area contributed by atoms with E-state index in [9.17, 15) is 13.2 Å². The van der Waals surface area contributed by atoms with Gasteiger partial charge in [-0.2, -0.15) is 0 Å². The van der Waals surface area contributed by atoms with E-state index < -0.39 is 9.84 Å². The standard InChI is InChI=1S/C14H13NO3S.2C2H6/c1-19(17,18)13-6-4-11(5-7-13)9-14(16)12-3-2-8-15-10-12;2*1-2/h2-8,10H,9H2,1H3;2*1-2H3. The number of Topliss-reactive ketones (excluding diaryl/α,β-unsaturated/α-hetero) is 1. The van der Waals surface area contributed by atoms with Gasteiger partial charge in [0.05, 0.1) is 4.90 Å². The lowest BCUT2D eigenvalue weighted by Gasteiger charge is -2.03. The highest BCUT2D eigenvalue weighted by Crippen LogP contribution is 2.12. The summed E-state index contributed by atoms with van der Waals surface area (Å²) >= 11 is 0. The molecular formula is C18H25NO3S. The van der Waals surface area contributed by atoms with Gasteiger partial charge in [-0.1, -0.05) is 39.8 Å². The van der Waals surface area contributed by atoms with E-state index in [1.165, 1.54) is 18.3 Å². The van der Waals surface area contributed by atoms with Crippen LogP contribution in [-0.4, -0.2) is 25.4 Å². The van der Waals surface area contributed by atoms with Crippen molar-refractivity contribution in [2.24, 2.45) is 0 Å². The molecule has 4 nitrogen and oxygen atoms in total. The molecule has 0 spiro atoms. The number of pyridine rings is 1. The van der Waals surface area contributed by atoms with Gasteiger partial charge in [-0.15, -0.1) is 0 Å². The number of aromatic nitrogens is 1. The van der Waals surface area contributed by atoms with E-state index in [0.29, 0.717) is 5.56 Å². The molecule has 0 amide bonds. The highest BCUT2D eigenvalue weighted by atomic mass is 32.2. The monoisotopic (exact) mass is 335 g/mol. The van der Waals surface area contributed by atoms with Crippen molar-refractivity contribution < 1.29 is 13.2 Å². The molecule has 0 N–H and O–H groups in total. The maximum Gasteiger partial charge on any atom is 0.175 e. The van der Waals surface area contributed by atoms with Crippen LogP contribution in [0.2, 0.25) is 0 Å². The molecule has 0 atom stereocenters. The fourth-order valence-corrected chi connectivity index (χ4v) is 2.30. The SMILES string of the molecule is CC.CC.CS(=O)(=O)c1ccc(CC(=O)c2cccnc2)cc1. The number of hydrogen-bond donors (Lipinski definition) is 0. The Morgan fingerprint density at radius 1 is 1.00 bits per heavy atom. The minimum atomic E-state index is -3.20. The highest BCUT2D eigenvalue weighted by molar-refractivity contribution is 7.90. The first kappa shape index (κ1) is 21.0. The summed E-state index contributed by atoms with van der Waals surface area (Å²) in [6.07, 6.45) is 4.52. The molecule has 0 aliphatic rings. The molecule has 5 heteroatoms. The minimum Gasteiger partial charge on any atom is -0.294 e. The quantitative estimate of drug-likeness (QED) is 0.793. The zero-order valence-electron chi connectivity index (χ0n) is 14.4. The molecule has 1 heterocycles. The minimum absolute atomic E-state index is 0.0415. The molecular weight excluding hydrogens is 310 g/mol. The highest BCUT2D eigenvalue weighted by Gasteiger charge is 2.09. The van der Waals surface area contributed by atoms with Crippen LogP contribution in [-0.2, 0) is 16.3 Å². The number of rotatable bonds is 4. The molecule has 0 unspecified atom stereocenters. The van der Waals surface area contributed by atoms with Crippen LogP contribution in [0.25, 0.3) is 0 Å².